The van der Waals surface area contributed by atoms with Crippen LogP contribution in [0.5, 0.6) is 5.06 Å². The largest absolute Gasteiger partial charge is 0.487 e. The van der Waals surface area contributed by atoms with Crippen molar-refractivity contribution in [2.45, 2.75) is 5.33 Å². The molecule has 14 heavy (non-hydrogen) atoms. The Kier molecular flexibility index (Phi) is 3.34. The molecule has 0 unspecified atom stereocenters. The molecule has 0 N–H and O–H groups in total. The summed E-state index contributed by atoms with van der Waals surface area (Å²) >= 11 is 7.57. The summed E-state index contributed by atoms with van der Waals surface area (Å²) in [5, 5.41) is 3.16. The quantitative estimate of drug-likeness (QED) is 0.552. The third-order valence-electron chi connectivity index (χ3n) is 2.05. The van der Waals surface area contributed by atoms with Gasteiger partial charge in [-0.2, -0.15) is 0 Å². The molecule has 0 aliphatic carbocycles. The van der Waals surface area contributed by atoms with Crippen molar-refractivity contribution in [3.05, 3.63) is 27.3 Å². The lowest BCUT2D eigenvalue weighted by Gasteiger charge is -1.97. The molecule has 1 aromatic heterocycles. The van der Waals surface area contributed by atoms with Crippen LogP contribution in [0.2, 0.25) is 0 Å². The molecule has 0 spiro atoms. The molecule has 0 bridgehead atoms. The lowest BCUT2D eigenvalue weighted by atomic mass is 10.2. The van der Waals surface area contributed by atoms with Gasteiger partial charge in [0.1, 0.15) is 0 Å². The second-order valence-corrected chi connectivity index (χ2v) is 5.53. The number of hydrogen-bond acceptors (Lipinski definition) is 2. The number of benzene rings is 1. The Morgan fingerprint density at radius 2 is 2.29 bits per heavy atom. The highest BCUT2D eigenvalue weighted by atomic mass is 127. The lowest BCUT2D eigenvalue weighted by molar-refractivity contribution is 0.424. The number of alkyl halides is 1. The van der Waals surface area contributed by atoms with E-state index >= 15 is 0 Å². The summed E-state index contributed by atoms with van der Waals surface area (Å²) < 4.78 is 7.97. The molecular weight excluding hydrogens is 375 g/mol. The fourth-order valence-corrected chi connectivity index (χ4v) is 4.02. The van der Waals surface area contributed by atoms with Crippen LogP contribution in [0.25, 0.3) is 10.1 Å². The van der Waals surface area contributed by atoms with E-state index in [1.54, 1.807) is 18.4 Å². The maximum atomic E-state index is 5.36. The summed E-state index contributed by atoms with van der Waals surface area (Å²) in [6.45, 7) is 0. The van der Waals surface area contributed by atoms with Gasteiger partial charge in [-0.1, -0.05) is 39.4 Å². The van der Waals surface area contributed by atoms with Crippen LogP contribution >= 0.6 is 49.9 Å². The van der Waals surface area contributed by atoms with E-state index in [0.29, 0.717) is 0 Å². The molecule has 0 saturated heterocycles. The smallest absolute Gasteiger partial charge is 0.178 e. The fourth-order valence-electron chi connectivity index (χ4n) is 1.41. The van der Waals surface area contributed by atoms with Gasteiger partial charge in [0.25, 0.3) is 0 Å². The van der Waals surface area contributed by atoms with Crippen LogP contribution in [0.15, 0.2) is 18.2 Å². The zero-order valence-electron chi connectivity index (χ0n) is 7.51. The fraction of sp³-hybridized carbons (Fsp3) is 0.200. The summed E-state index contributed by atoms with van der Waals surface area (Å²) in [5.41, 5.74) is 1.26. The van der Waals surface area contributed by atoms with Gasteiger partial charge in [-0.25, -0.2) is 0 Å². The molecule has 0 aliphatic heterocycles. The number of methoxy groups -OCH3 is 1. The van der Waals surface area contributed by atoms with Crippen LogP contribution in [0.3, 0.4) is 0 Å². The molecule has 0 fully saturated rings. The van der Waals surface area contributed by atoms with Crippen molar-refractivity contribution >= 4 is 59.9 Å². The Morgan fingerprint density at radius 3 is 2.93 bits per heavy atom. The average Bonchev–Trinajstić information content (AvgIpc) is 2.57. The second kappa shape index (κ2) is 4.37. The van der Waals surface area contributed by atoms with Gasteiger partial charge in [0.05, 0.1) is 11.8 Å². The third-order valence-corrected chi connectivity index (χ3v) is 5.12. The van der Waals surface area contributed by atoms with E-state index in [1.165, 1.54) is 19.2 Å². The van der Waals surface area contributed by atoms with E-state index < -0.39 is 0 Å². The highest BCUT2D eigenvalue weighted by Gasteiger charge is 2.12. The predicted octanol–water partition coefficient (Wildman–Crippen LogP) is 4.41. The number of rotatable bonds is 2. The van der Waals surface area contributed by atoms with E-state index in [1.807, 2.05) is 0 Å². The lowest BCUT2D eigenvalue weighted by Crippen LogP contribution is -1.82. The molecule has 2 rings (SSSR count). The molecule has 0 aliphatic rings. The Morgan fingerprint density at radius 1 is 1.50 bits per heavy atom. The first-order chi connectivity index (χ1) is 6.77. The molecule has 0 atom stereocenters. The highest BCUT2D eigenvalue weighted by molar-refractivity contribution is 14.1. The van der Waals surface area contributed by atoms with Crippen molar-refractivity contribution in [3.63, 3.8) is 0 Å². The van der Waals surface area contributed by atoms with Crippen LogP contribution in [-0.4, -0.2) is 7.11 Å². The van der Waals surface area contributed by atoms with Gasteiger partial charge in [0, 0.05) is 19.8 Å². The minimum absolute atomic E-state index is 0.844. The summed E-state index contributed by atoms with van der Waals surface area (Å²) in [7, 11) is 1.73. The minimum Gasteiger partial charge on any atom is -0.487 e. The zero-order valence-corrected chi connectivity index (χ0v) is 12.1. The highest BCUT2D eigenvalue weighted by Crippen LogP contribution is 2.40. The van der Waals surface area contributed by atoms with Gasteiger partial charge in [0.2, 0.25) is 0 Å². The molecular formula is C10H8BrIOS. The Balaban J connectivity index is 2.79. The van der Waals surface area contributed by atoms with Gasteiger partial charge in [-0.3, -0.25) is 0 Å². The van der Waals surface area contributed by atoms with Gasteiger partial charge in [0.15, 0.2) is 5.06 Å². The van der Waals surface area contributed by atoms with Crippen LogP contribution in [0.1, 0.15) is 5.56 Å². The monoisotopic (exact) mass is 382 g/mol. The molecule has 1 aromatic carbocycles. The molecule has 0 saturated carbocycles. The van der Waals surface area contributed by atoms with E-state index in [-0.39, 0.29) is 0 Å². The van der Waals surface area contributed by atoms with Crippen LogP contribution < -0.4 is 4.74 Å². The van der Waals surface area contributed by atoms with Gasteiger partial charge in [-0.15, -0.1) is 0 Å². The molecule has 4 heteroatoms. The summed E-state index contributed by atoms with van der Waals surface area (Å²) in [6, 6.07) is 6.35. The van der Waals surface area contributed by atoms with Crippen molar-refractivity contribution in [2.75, 3.05) is 7.11 Å². The number of halogens is 2. The summed E-state index contributed by atoms with van der Waals surface area (Å²) in [6.07, 6.45) is 0. The van der Waals surface area contributed by atoms with Crippen molar-refractivity contribution < 1.29 is 4.74 Å². The van der Waals surface area contributed by atoms with E-state index in [0.717, 1.165) is 10.4 Å². The average molecular weight is 383 g/mol. The SMILES string of the molecule is COc1sc2c(I)cccc2c1CBr. The van der Waals surface area contributed by atoms with E-state index in [4.69, 9.17) is 4.74 Å². The first-order valence-electron chi connectivity index (χ1n) is 4.07. The van der Waals surface area contributed by atoms with Gasteiger partial charge in [-0.05, 0) is 28.7 Å². The van der Waals surface area contributed by atoms with Gasteiger partial charge >= 0.3 is 0 Å². The number of ether oxygens (including phenoxy) is 1. The number of hydrogen-bond donors (Lipinski definition) is 0. The Hall–Kier alpha value is 0.190. The standard InChI is InChI=1S/C10H8BrIOS/c1-13-10-7(5-11)6-3-2-4-8(12)9(6)14-10/h2-4H,5H2,1H3. The molecule has 74 valence electrons. The van der Waals surface area contributed by atoms with Crippen molar-refractivity contribution in [1.29, 1.82) is 0 Å². The van der Waals surface area contributed by atoms with Crippen molar-refractivity contribution in [2.24, 2.45) is 0 Å². The van der Waals surface area contributed by atoms with E-state index in [2.05, 4.69) is 56.7 Å². The normalized spacial score (nSPS) is 10.8. The van der Waals surface area contributed by atoms with Gasteiger partial charge < -0.3 is 4.74 Å². The summed E-state index contributed by atoms with van der Waals surface area (Å²) in [5.74, 6) is 0. The van der Waals surface area contributed by atoms with Crippen LogP contribution in [0.4, 0.5) is 0 Å². The first-order valence-corrected chi connectivity index (χ1v) is 7.09. The predicted molar refractivity (Wildman–Crippen MR) is 73.7 cm³/mol. The van der Waals surface area contributed by atoms with Crippen LogP contribution in [0, 0.1) is 3.57 Å². The minimum atomic E-state index is 0.844. The first kappa shape index (κ1) is 10.7. The van der Waals surface area contributed by atoms with E-state index in [9.17, 15) is 0 Å². The second-order valence-electron chi connectivity index (χ2n) is 2.82. The molecule has 0 amide bonds. The Labute approximate surface area is 109 Å². The third kappa shape index (κ3) is 1.67. The molecule has 1 heterocycles. The molecule has 0 radical (unpaired) electrons. The summed E-state index contributed by atoms with van der Waals surface area (Å²) in [4.78, 5) is 0. The number of fused-ring (bicyclic) bond motifs is 1. The Bertz CT molecular complexity index is 466. The maximum absolute atomic E-state index is 5.36. The van der Waals surface area contributed by atoms with Crippen molar-refractivity contribution in [3.8, 4) is 5.06 Å². The maximum Gasteiger partial charge on any atom is 0.178 e. The molecule has 2 aromatic rings. The van der Waals surface area contributed by atoms with Crippen molar-refractivity contribution in [1.82, 2.24) is 0 Å². The van der Waals surface area contributed by atoms with Crippen LogP contribution in [-0.2, 0) is 5.33 Å². The topological polar surface area (TPSA) is 9.23 Å². The number of thiophene rings is 1. The molecule has 1 nitrogen and oxygen atoms in total. The zero-order chi connectivity index (χ0) is 10.1.